The SMILES string of the molecule is CCCCCCC/C=C\C/C=C\CCCCCCCCCCCCCCCCOCC(COC1OC(COC2OC(CO)C(O)C(O)C2O)C(O)C(O)C1O)OC(=O)CCCCCCCCCCC/C=C\C/C=C\CCCCCCC. The van der Waals surface area contributed by atoms with Crippen molar-refractivity contribution in [3.05, 3.63) is 48.6 Å². The third-order valence-electron chi connectivity index (χ3n) is 15.8. The molecule has 2 fully saturated rings. The molecule has 0 radical (unpaired) electrons. The standard InChI is InChI=1S/C67H122O14/c1-3-5-7-9-11-13-15-17-19-21-23-25-26-27-28-29-31-33-35-37-39-41-43-45-47-49-51-76-53-56(54-77-66-65(75)63(73)61(71)58(81-66)55-78-67-64(74)62(72)60(70)57(52-68)80-67)79-59(69)50-48-46-44-42-40-38-36-34-32-30-24-22-20-18-16-14-12-10-8-6-4-2/h15-18,21-24,56-58,60-68,70-75H,3-14,19-20,25-55H2,1-2H3/b17-15-,18-16-,23-21-,24-22-. The molecule has 14 nitrogen and oxygen atoms in total. The van der Waals surface area contributed by atoms with E-state index in [-0.39, 0.29) is 25.6 Å². The fourth-order valence-electron chi connectivity index (χ4n) is 10.5. The van der Waals surface area contributed by atoms with Gasteiger partial charge in [0.15, 0.2) is 12.6 Å². The zero-order valence-corrected chi connectivity index (χ0v) is 51.3. The number of aliphatic hydroxyl groups excluding tert-OH is 7. The van der Waals surface area contributed by atoms with Gasteiger partial charge in [-0.05, 0) is 77.0 Å². The van der Waals surface area contributed by atoms with Crippen molar-refractivity contribution in [3.63, 3.8) is 0 Å². The first-order valence-electron chi connectivity index (χ1n) is 33.2. The number of hydrogen-bond acceptors (Lipinski definition) is 14. The minimum atomic E-state index is -1.71. The van der Waals surface area contributed by atoms with Crippen molar-refractivity contribution in [1.82, 2.24) is 0 Å². The van der Waals surface area contributed by atoms with Crippen molar-refractivity contribution in [2.45, 2.75) is 338 Å². The molecule has 2 aliphatic rings. The van der Waals surface area contributed by atoms with E-state index in [0.29, 0.717) is 13.0 Å². The van der Waals surface area contributed by atoms with E-state index >= 15 is 0 Å². The quantitative estimate of drug-likeness (QED) is 0.0171. The Balaban J connectivity index is 1.66. The Morgan fingerprint density at radius 2 is 0.765 bits per heavy atom. The van der Waals surface area contributed by atoms with Crippen molar-refractivity contribution < 1.29 is 69.0 Å². The lowest BCUT2D eigenvalue weighted by Crippen LogP contribution is -2.61. The minimum absolute atomic E-state index is 0.0606. The minimum Gasteiger partial charge on any atom is -0.457 e. The van der Waals surface area contributed by atoms with Crippen LogP contribution in [0.15, 0.2) is 48.6 Å². The Labute approximate surface area is 492 Å². The summed E-state index contributed by atoms with van der Waals surface area (Å²) in [6, 6.07) is 0. The van der Waals surface area contributed by atoms with E-state index in [0.717, 1.165) is 57.8 Å². The first kappa shape index (κ1) is 75.0. The van der Waals surface area contributed by atoms with Crippen LogP contribution in [0.5, 0.6) is 0 Å². The second-order valence-electron chi connectivity index (χ2n) is 23.3. The maximum Gasteiger partial charge on any atom is 0.306 e. The molecule has 11 unspecified atom stereocenters. The van der Waals surface area contributed by atoms with Gasteiger partial charge >= 0.3 is 5.97 Å². The molecular formula is C67H122O14. The van der Waals surface area contributed by atoms with Gasteiger partial charge in [0.05, 0.1) is 26.4 Å². The van der Waals surface area contributed by atoms with Crippen LogP contribution in [0.25, 0.3) is 0 Å². The normalized spacial score (nSPS) is 24.0. The molecule has 0 aromatic carbocycles. The molecule has 2 rings (SSSR count). The number of rotatable bonds is 55. The topological polar surface area (TPSA) is 214 Å². The van der Waals surface area contributed by atoms with Gasteiger partial charge in [-0.15, -0.1) is 0 Å². The Bertz CT molecular complexity index is 1520. The Hall–Kier alpha value is -2.05. The summed E-state index contributed by atoms with van der Waals surface area (Å²) >= 11 is 0. The van der Waals surface area contributed by atoms with E-state index in [1.54, 1.807) is 0 Å². The number of unbranched alkanes of at least 4 members (excludes halogenated alkanes) is 33. The van der Waals surface area contributed by atoms with Gasteiger partial charge in [0, 0.05) is 13.0 Å². The van der Waals surface area contributed by atoms with Gasteiger partial charge in [0.2, 0.25) is 0 Å². The summed E-state index contributed by atoms with van der Waals surface area (Å²) in [6.07, 6.45) is 50.3. The predicted molar refractivity (Wildman–Crippen MR) is 326 cm³/mol. The lowest BCUT2D eigenvalue weighted by molar-refractivity contribution is -0.332. The van der Waals surface area contributed by atoms with Crippen LogP contribution >= 0.6 is 0 Å². The van der Waals surface area contributed by atoms with E-state index in [1.807, 2.05) is 0 Å². The molecule has 0 aliphatic carbocycles. The van der Waals surface area contributed by atoms with Crippen LogP contribution in [0.3, 0.4) is 0 Å². The average molecular weight is 1150 g/mol. The molecule has 0 bridgehead atoms. The largest absolute Gasteiger partial charge is 0.457 e. The second kappa shape index (κ2) is 53.4. The van der Waals surface area contributed by atoms with Gasteiger partial charge in [0.25, 0.3) is 0 Å². The summed E-state index contributed by atoms with van der Waals surface area (Å²) in [7, 11) is 0. The molecule has 81 heavy (non-hydrogen) atoms. The van der Waals surface area contributed by atoms with Crippen molar-refractivity contribution in [2.24, 2.45) is 0 Å². The van der Waals surface area contributed by atoms with Gasteiger partial charge in [-0.3, -0.25) is 4.79 Å². The van der Waals surface area contributed by atoms with Crippen molar-refractivity contribution in [3.8, 4) is 0 Å². The monoisotopic (exact) mass is 1150 g/mol. The van der Waals surface area contributed by atoms with Crippen molar-refractivity contribution >= 4 is 5.97 Å². The number of esters is 1. The second-order valence-corrected chi connectivity index (χ2v) is 23.3. The average Bonchev–Trinajstić information content (AvgIpc) is 3.60. The molecule has 7 N–H and O–H groups in total. The molecule has 0 spiro atoms. The molecule has 2 saturated heterocycles. The molecule has 0 amide bonds. The van der Waals surface area contributed by atoms with E-state index in [1.165, 1.54) is 186 Å². The molecule has 0 aromatic heterocycles. The fraction of sp³-hybridized carbons (Fsp3) is 0.866. The van der Waals surface area contributed by atoms with Gasteiger partial charge in [0.1, 0.15) is 54.9 Å². The maximum atomic E-state index is 13.1. The zero-order valence-electron chi connectivity index (χ0n) is 51.3. The lowest BCUT2D eigenvalue weighted by Gasteiger charge is -2.42. The first-order chi connectivity index (χ1) is 39.6. The highest BCUT2D eigenvalue weighted by Crippen LogP contribution is 2.27. The third kappa shape index (κ3) is 39.3. The summed E-state index contributed by atoms with van der Waals surface area (Å²) in [5.41, 5.74) is 0. The summed E-state index contributed by atoms with van der Waals surface area (Å²) in [4.78, 5) is 13.1. The van der Waals surface area contributed by atoms with Crippen LogP contribution in [-0.2, 0) is 33.2 Å². The highest BCUT2D eigenvalue weighted by atomic mass is 16.7. The number of hydrogen-bond donors (Lipinski definition) is 7. The molecular weight excluding hydrogens is 1030 g/mol. The smallest absolute Gasteiger partial charge is 0.306 e. The fourth-order valence-corrected chi connectivity index (χ4v) is 10.5. The Morgan fingerprint density at radius 1 is 0.407 bits per heavy atom. The van der Waals surface area contributed by atoms with Crippen molar-refractivity contribution in [1.29, 1.82) is 0 Å². The number of ether oxygens (including phenoxy) is 6. The molecule has 474 valence electrons. The molecule has 0 aromatic rings. The van der Waals surface area contributed by atoms with Gasteiger partial charge in [-0.1, -0.05) is 236 Å². The van der Waals surface area contributed by atoms with Crippen molar-refractivity contribution in [2.75, 3.05) is 33.0 Å². The van der Waals surface area contributed by atoms with E-state index < -0.39 is 80.7 Å². The number of allylic oxidation sites excluding steroid dienone is 8. The third-order valence-corrected chi connectivity index (χ3v) is 15.8. The molecule has 11 atom stereocenters. The Kier molecular flexibility index (Phi) is 49.5. The van der Waals surface area contributed by atoms with Gasteiger partial charge < -0.3 is 64.2 Å². The lowest BCUT2D eigenvalue weighted by atomic mass is 9.98. The molecule has 14 heteroatoms. The van der Waals surface area contributed by atoms with Crippen LogP contribution in [-0.4, -0.2) is 142 Å². The number of aliphatic hydroxyl groups is 7. The highest BCUT2D eigenvalue weighted by Gasteiger charge is 2.47. The maximum absolute atomic E-state index is 13.1. The van der Waals surface area contributed by atoms with E-state index in [4.69, 9.17) is 28.4 Å². The summed E-state index contributed by atoms with van der Waals surface area (Å²) < 4.78 is 34.5. The van der Waals surface area contributed by atoms with Crippen LogP contribution in [0.2, 0.25) is 0 Å². The summed E-state index contributed by atoms with van der Waals surface area (Å²) in [5.74, 6) is -0.377. The highest BCUT2D eigenvalue weighted by molar-refractivity contribution is 5.69. The van der Waals surface area contributed by atoms with Gasteiger partial charge in [-0.25, -0.2) is 0 Å². The Morgan fingerprint density at radius 3 is 1.19 bits per heavy atom. The van der Waals surface area contributed by atoms with Crippen LogP contribution < -0.4 is 0 Å². The van der Waals surface area contributed by atoms with Crippen LogP contribution in [0.1, 0.15) is 271 Å². The van der Waals surface area contributed by atoms with E-state index in [9.17, 15) is 40.5 Å². The van der Waals surface area contributed by atoms with E-state index in [2.05, 4.69) is 62.5 Å². The summed E-state index contributed by atoms with van der Waals surface area (Å²) in [6.45, 7) is 3.71. The zero-order chi connectivity index (χ0) is 58.6. The van der Waals surface area contributed by atoms with Gasteiger partial charge in [-0.2, -0.15) is 0 Å². The molecule has 2 heterocycles. The predicted octanol–water partition coefficient (Wildman–Crippen LogP) is 13.4. The summed E-state index contributed by atoms with van der Waals surface area (Å²) in [5, 5.41) is 72.5. The van der Waals surface area contributed by atoms with Crippen LogP contribution in [0, 0.1) is 0 Å². The number of carbonyl (C=O) groups is 1. The molecule has 0 saturated carbocycles. The number of carbonyl (C=O) groups excluding carboxylic acids is 1. The van der Waals surface area contributed by atoms with Crippen LogP contribution in [0.4, 0.5) is 0 Å². The first-order valence-corrected chi connectivity index (χ1v) is 33.2. The molecule has 2 aliphatic heterocycles.